The van der Waals surface area contributed by atoms with Crippen LogP contribution in [0.15, 0.2) is 0 Å². The summed E-state index contributed by atoms with van der Waals surface area (Å²) in [5.74, 6) is 2.12. The van der Waals surface area contributed by atoms with Crippen molar-refractivity contribution in [2.75, 3.05) is 6.54 Å². The number of rotatable bonds is 7. The lowest BCUT2D eigenvalue weighted by Gasteiger charge is -2.29. The molecular formula is C17H33N. The summed E-state index contributed by atoms with van der Waals surface area (Å²) in [5, 5.41) is 3.81. The topological polar surface area (TPSA) is 12.0 Å². The van der Waals surface area contributed by atoms with Crippen molar-refractivity contribution in [2.45, 2.75) is 90.0 Å². The fourth-order valence-electron chi connectivity index (χ4n) is 4.06. The Morgan fingerprint density at radius 3 is 2.17 bits per heavy atom. The number of hydrogen-bond donors (Lipinski definition) is 1. The van der Waals surface area contributed by atoms with E-state index < -0.39 is 0 Å². The third-order valence-corrected chi connectivity index (χ3v) is 5.24. The van der Waals surface area contributed by atoms with Gasteiger partial charge < -0.3 is 5.32 Å². The summed E-state index contributed by atoms with van der Waals surface area (Å²) in [6, 6.07) is 0.849. The van der Waals surface area contributed by atoms with Gasteiger partial charge in [0.2, 0.25) is 0 Å². The summed E-state index contributed by atoms with van der Waals surface area (Å²) in [6.07, 6.45) is 17.6. The van der Waals surface area contributed by atoms with E-state index in [9.17, 15) is 0 Å². The summed E-state index contributed by atoms with van der Waals surface area (Å²) in [5.41, 5.74) is 0. The van der Waals surface area contributed by atoms with Crippen molar-refractivity contribution in [3.8, 4) is 0 Å². The third kappa shape index (κ3) is 4.91. The van der Waals surface area contributed by atoms with Gasteiger partial charge in [-0.15, -0.1) is 0 Å². The Morgan fingerprint density at radius 2 is 1.50 bits per heavy atom. The molecule has 0 aliphatic heterocycles. The van der Waals surface area contributed by atoms with Crippen molar-refractivity contribution in [1.82, 2.24) is 5.32 Å². The van der Waals surface area contributed by atoms with E-state index >= 15 is 0 Å². The highest BCUT2D eigenvalue weighted by molar-refractivity contribution is 4.77. The molecule has 0 bridgehead atoms. The summed E-state index contributed by atoms with van der Waals surface area (Å²) < 4.78 is 0. The second-order valence-corrected chi connectivity index (χ2v) is 6.75. The van der Waals surface area contributed by atoms with Crippen molar-refractivity contribution in [2.24, 2.45) is 11.8 Å². The Hall–Kier alpha value is -0.0400. The smallest absolute Gasteiger partial charge is 0.00672 e. The van der Waals surface area contributed by atoms with Gasteiger partial charge in [-0.05, 0) is 56.9 Å². The molecule has 2 saturated carbocycles. The molecule has 0 saturated heterocycles. The van der Waals surface area contributed by atoms with Crippen LogP contribution in [0.4, 0.5) is 0 Å². The van der Waals surface area contributed by atoms with Crippen molar-refractivity contribution in [3.05, 3.63) is 0 Å². The fourth-order valence-corrected chi connectivity index (χ4v) is 4.06. The highest BCUT2D eigenvalue weighted by Crippen LogP contribution is 2.29. The molecule has 0 radical (unpaired) electrons. The molecule has 0 aromatic carbocycles. The summed E-state index contributed by atoms with van der Waals surface area (Å²) in [4.78, 5) is 0. The second-order valence-electron chi connectivity index (χ2n) is 6.75. The lowest BCUT2D eigenvalue weighted by molar-refractivity contribution is 0.276. The van der Waals surface area contributed by atoms with Gasteiger partial charge in [-0.25, -0.2) is 0 Å². The normalized spacial score (nSPS) is 29.8. The van der Waals surface area contributed by atoms with Gasteiger partial charge in [0, 0.05) is 6.04 Å². The van der Waals surface area contributed by atoms with Crippen LogP contribution in [-0.2, 0) is 0 Å². The molecule has 0 atom stereocenters. The molecule has 0 spiro atoms. The van der Waals surface area contributed by atoms with E-state index in [0.29, 0.717) is 0 Å². The Bertz CT molecular complexity index is 200. The summed E-state index contributed by atoms with van der Waals surface area (Å²) in [7, 11) is 0. The molecule has 2 aliphatic carbocycles. The molecule has 1 nitrogen and oxygen atoms in total. The average molecular weight is 251 g/mol. The van der Waals surface area contributed by atoms with Crippen molar-refractivity contribution >= 4 is 0 Å². The van der Waals surface area contributed by atoms with E-state index in [4.69, 9.17) is 0 Å². The highest BCUT2D eigenvalue weighted by atomic mass is 14.9. The zero-order chi connectivity index (χ0) is 12.6. The minimum absolute atomic E-state index is 0.849. The summed E-state index contributed by atoms with van der Waals surface area (Å²) >= 11 is 0. The molecule has 0 heterocycles. The summed E-state index contributed by atoms with van der Waals surface area (Å²) in [6.45, 7) is 3.60. The quantitative estimate of drug-likeness (QED) is 0.634. The first-order valence-electron chi connectivity index (χ1n) is 8.62. The Kier molecular flexibility index (Phi) is 6.54. The maximum atomic E-state index is 3.81. The van der Waals surface area contributed by atoms with Crippen molar-refractivity contribution < 1.29 is 0 Å². The van der Waals surface area contributed by atoms with Gasteiger partial charge in [0.15, 0.2) is 0 Å². The number of hydrogen-bond acceptors (Lipinski definition) is 1. The Labute approximate surface area is 114 Å². The molecule has 1 heteroatoms. The van der Waals surface area contributed by atoms with Gasteiger partial charge in [0.05, 0.1) is 0 Å². The van der Waals surface area contributed by atoms with Crippen LogP contribution in [0.2, 0.25) is 0 Å². The van der Waals surface area contributed by atoms with E-state index in [2.05, 4.69) is 12.2 Å². The first kappa shape index (κ1) is 14.4. The van der Waals surface area contributed by atoms with E-state index in [1.807, 2.05) is 0 Å². The van der Waals surface area contributed by atoms with Gasteiger partial charge in [-0.3, -0.25) is 0 Å². The molecule has 0 amide bonds. The standard InChI is InChI=1S/C17H33N/c1-2-6-15-10-12-17(13-11-15)18-14-5-9-16-7-3-4-8-16/h15-18H,2-14H2,1H3. The number of nitrogens with one attached hydrogen (secondary N) is 1. The molecule has 0 aromatic heterocycles. The Morgan fingerprint density at radius 1 is 0.833 bits per heavy atom. The first-order chi connectivity index (χ1) is 8.88. The predicted molar refractivity (Wildman–Crippen MR) is 79.8 cm³/mol. The second kappa shape index (κ2) is 8.19. The van der Waals surface area contributed by atoms with Crippen LogP contribution in [0.1, 0.15) is 84.0 Å². The largest absolute Gasteiger partial charge is 0.314 e. The van der Waals surface area contributed by atoms with Crippen LogP contribution in [0, 0.1) is 11.8 Å². The fraction of sp³-hybridized carbons (Fsp3) is 1.00. The molecule has 0 aromatic rings. The van der Waals surface area contributed by atoms with Crippen LogP contribution in [0.5, 0.6) is 0 Å². The maximum absolute atomic E-state index is 3.81. The van der Waals surface area contributed by atoms with Gasteiger partial charge in [-0.2, -0.15) is 0 Å². The van der Waals surface area contributed by atoms with E-state index in [1.165, 1.54) is 83.6 Å². The van der Waals surface area contributed by atoms with Crippen LogP contribution in [-0.4, -0.2) is 12.6 Å². The highest BCUT2D eigenvalue weighted by Gasteiger charge is 2.20. The molecule has 18 heavy (non-hydrogen) atoms. The zero-order valence-electron chi connectivity index (χ0n) is 12.4. The van der Waals surface area contributed by atoms with Crippen LogP contribution in [0.3, 0.4) is 0 Å². The molecule has 1 N–H and O–H groups in total. The molecule has 106 valence electrons. The van der Waals surface area contributed by atoms with E-state index in [1.54, 1.807) is 0 Å². The van der Waals surface area contributed by atoms with E-state index in [0.717, 1.165) is 17.9 Å². The van der Waals surface area contributed by atoms with Crippen molar-refractivity contribution in [3.63, 3.8) is 0 Å². The van der Waals surface area contributed by atoms with Gasteiger partial charge in [0.1, 0.15) is 0 Å². The SMILES string of the molecule is CCCC1CCC(NCCCC2CCCC2)CC1. The lowest BCUT2D eigenvalue weighted by atomic mass is 9.83. The minimum Gasteiger partial charge on any atom is -0.314 e. The Balaban J connectivity index is 1.47. The molecular weight excluding hydrogens is 218 g/mol. The molecule has 2 rings (SSSR count). The maximum Gasteiger partial charge on any atom is 0.00672 e. The first-order valence-corrected chi connectivity index (χ1v) is 8.62. The average Bonchev–Trinajstić information content (AvgIpc) is 2.90. The lowest BCUT2D eigenvalue weighted by Crippen LogP contribution is -2.33. The van der Waals surface area contributed by atoms with Crippen molar-refractivity contribution in [1.29, 1.82) is 0 Å². The van der Waals surface area contributed by atoms with Crippen LogP contribution in [0.25, 0.3) is 0 Å². The molecule has 0 unspecified atom stereocenters. The minimum atomic E-state index is 0.849. The zero-order valence-corrected chi connectivity index (χ0v) is 12.4. The monoisotopic (exact) mass is 251 g/mol. The molecule has 2 fully saturated rings. The van der Waals surface area contributed by atoms with Gasteiger partial charge >= 0.3 is 0 Å². The van der Waals surface area contributed by atoms with Crippen LogP contribution < -0.4 is 5.32 Å². The third-order valence-electron chi connectivity index (χ3n) is 5.24. The van der Waals surface area contributed by atoms with Crippen LogP contribution >= 0.6 is 0 Å². The van der Waals surface area contributed by atoms with Gasteiger partial charge in [-0.1, -0.05) is 45.4 Å². The molecule has 2 aliphatic rings. The van der Waals surface area contributed by atoms with Gasteiger partial charge in [0.25, 0.3) is 0 Å². The van der Waals surface area contributed by atoms with E-state index in [-0.39, 0.29) is 0 Å². The predicted octanol–water partition coefficient (Wildman–Crippen LogP) is 4.91.